The molecule has 0 radical (unpaired) electrons. The Morgan fingerprint density at radius 3 is 2.43 bits per heavy atom. The molecule has 0 aliphatic carbocycles. The largest absolute Gasteiger partial charge is 0.508 e. The van der Waals surface area contributed by atoms with Gasteiger partial charge in [-0.1, -0.05) is 37.1 Å². The van der Waals surface area contributed by atoms with E-state index in [1.54, 1.807) is 0 Å². The predicted molar refractivity (Wildman–Crippen MR) is 137 cm³/mol. The van der Waals surface area contributed by atoms with Crippen LogP contribution in [0.3, 0.4) is 0 Å². The molecule has 35 heavy (non-hydrogen) atoms. The predicted octanol–water partition coefficient (Wildman–Crippen LogP) is 3.91. The van der Waals surface area contributed by atoms with Crippen LogP contribution in [0.1, 0.15) is 37.7 Å². The van der Waals surface area contributed by atoms with E-state index in [0.717, 1.165) is 62.8 Å². The molecule has 2 aliphatic rings. The molecule has 0 aromatic heterocycles. The van der Waals surface area contributed by atoms with Crippen LogP contribution in [-0.4, -0.2) is 67.6 Å². The van der Waals surface area contributed by atoms with Crippen molar-refractivity contribution in [3.8, 4) is 5.75 Å². The van der Waals surface area contributed by atoms with Crippen molar-refractivity contribution >= 4 is 27.6 Å². The summed E-state index contributed by atoms with van der Waals surface area (Å²) in [6, 6.07) is 13.8. The van der Waals surface area contributed by atoms with Crippen molar-refractivity contribution in [1.82, 2.24) is 10.2 Å². The second-order valence-corrected chi connectivity index (χ2v) is 9.81. The highest BCUT2D eigenvalue weighted by atomic mass is 32.2. The Balaban J connectivity index is 0.000000241. The lowest BCUT2D eigenvalue weighted by atomic mass is 10.1. The van der Waals surface area contributed by atoms with E-state index in [0.29, 0.717) is 5.56 Å². The summed E-state index contributed by atoms with van der Waals surface area (Å²) in [7, 11) is -4.22. The van der Waals surface area contributed by atoms with Gasteiger partial charge in [-0.05, 0) is 43.5 Å². The molecule has 4 rings (SSSR count). The van der Waals surface area contributed by atoms with Gasteiger partial charge in [-0.15, -0.1) is 0 Å². The first-order valence-corrected chi connectivity index (χ1v) is 13.3. The Morgan fingerprint density at radius 1 is 1.03 bits per heavy atom. The number of phenols is 1. The van der Waals surface area contributed by atoms with Gasteiger partial charge < -0.3 is 20.1 Å². The molecule has 0 spiro atoms. The number of aliphatic imine (C=N–C) groups is 2. The SMILES string of the molecule is Cc1ccc(O)cc1S(=O)(=O)O.c1ccc(N=C(N=C2CCCCCCN2)N2CCOCC2)cc1. The Bertz CT molecular complexity index is 1100. The minimum absolute atomic E-state index is 0.187. The van der Waals surface area contributed by atoms with E-state index in [4.69, 9.17) is 24.4 Å². The van der Waals surface area contributed by atoms with E-state index in [2.05, 4.69) is 10.2 Å². The fourth-order valence-corrected chi connectivity index (χ4v) is 4.47. The highest BCUT2D eigenvalue weighted by Crippen LogP contribution is 2.20. The Labute approximate surface area is 207 Å². The number of benzene rings is 2. The first-order valence-electron chi connectivity index (χ1n) is 11.9. The number of rotatable bonds is 2. The Hall–Kier alpha value is -2.95. The van der Waals surface area contributed by atoms with E-state index in [1.165, 1.54) is 44.7 Å². The number of hydrogen-bond acceptors (Lipinski definition) is 5. The molecular weight excluding hydrogens is 468 g/mol. The second kappa shape index (κ2) is 13.2. The van der Waals surface area contributed by atoms with Crippen LogP contribution in [0.15, 0.2) is 63.4 Å². The van der Waals surface area contributed by atoms with E-state index in [1.807, 2.05) is 30.3 Å². The van der Waals surface area contributed by atoms with Crippen LogP contribution in [0.5, 0.6) is 5.75 Å². The first kappa shape index (κ1) is 26.7. The van der Waals surface area contributed by atoms with Gasteiger partial charge in [0.15, 0.2) is 0 Å². The summed E-state index contributed by atoms with van der Waals surface area (Å²) in [6.07, 6.45) is 6.05. The maximum Gasteiger partial charge on any atom is 0.294 e. The Morgan fingerprint density at radius 2 is 1.74 bits per heavy atom. The lowest BCUT2D eigenvalue weighted by Gasteiger charge is -2.28. The van der Waals surface area contributed by atoms with Crippen LogP contribution in [0.4, 0.5) is 5.69 Å². The minimum Gasteiger partial charge on any atom is -0.508 e. The number of ether oxygens (including phenoxy) is 1. The number of para-hydroxylation sites is 1. The van der Waals surface area contributed by atoms with Crippen molar-refractivity contribution in [3.63, 3.8) is 0 Å². The zero-order valence-corrected chi connectivity index (χ0v) is 20.9. The average Bonchev–Trinajstić information content (AvgIpc) is 2.83. The molecule has 0 amide bonds. The summed E-state index contributed by atoms with van der Waals surface area (Å²) in [4.78, 5) is 11.6. The van der Waals surface area contributed by atoms with Crippen molar-refractivity contribution in [3.05, 3.63) is 54.1 Å². The zero-order valence-electron chi connectivity index (χ0n) is 20.1. The molecule has 2 saturated heterocycles. The average molecular weight is 503 g/mol. The number of aryl methyl sites for hydroxylation is 1. The molecule has 2 fully saturated rings. The lowest BCUT2D eigenvalue weighted by molar-refractivity contribution is 0.0676. The maximum atomic E-state index is 10.7. The van der Waals surface area contributed by atoms with Gasteiger partial charge in [0.2, 0.25) is 5.96 Å². The number of aromatic hydroxyl groups is 1. The number of guanidine groups is 1. The smallest absolute Gasteiger partial charge is 0.294 e. The molecular formula is C25H34N4O5S. The third-order valence-corrected chi connectivity index (χ3v) is 6.63. The van der Waals surface area contributed by atoms with Crippen molar-refractivity contribution in [2.45, 2.75) is 43.9 Å². The molecule has 0 unspecified atom stereocenters. The van der Waals surface area contributed by atoms with Gasteiger partial charge in [0.05, 0.1) is 18.9 Å². The summed E-state index contributed by atoms with van der Waals surface area (Å²) in [6.45, 7) is 5.73. The molecule has 3 N–H and O–H groups in total. The van der Waals surface area contributed by atoms with E-state index >= 15 is 0 Å². The topological polar surface area (TPSA) is 124 Å². The fraction of sp³-hybridized carbons (Fsp3) is 0.440. The summed E-state index contributed by atoms with van der Waals surface area (Å²) < 4.78 is 35.4. The van der Waals surface area contributed by atoms with Gasteiger partial charge in [0.1, 0.15) is 16.5 Å². The molecule has 9 nitrogen and oxygen atoms in total. The second-order valence-electron chi connectivity index (χ2n) is 8.42. The van der Waals surface area contributed by atoms with Crippen LogP contribution in [0.25, 0.3) is 0 Å². The fourth-order valence-electron chi connectivity index (χ4n) is 3.72. The number of amidine groups is 1. The van der Waals surface area contributed by atoms with Gasteiger partial charge in [0.25, 0.3) is 10.1 Å². The summed E-state index contributed by atoms with van der Waals surface area (Å²) in [5.74, 6) is 1.70. The molecule has 190 valence electrons. The number of hydrogen-bond donors (Lipinski definition) is 3. The molecule has 2 aromatic carbocycles. The maximum absolute atomic E-state index is 10.7. The molecule has 2 heterocycles. The lowest BCUT2D eigenvalue weighted by Crippen LogP contribution is -2.41. The minimum atomic E-state index is -4.22. The van der Waals surface area contributed by atoms with Crippen molar-refractivity contribution in [2.24, 2.45) is 9.98 Å². The number of nitrogens with zero attached hydrogens (tertiary/aromatic N) is 3. The molecule has 0 saturated carbocycles. The van der Waals surface area contributed by atoms with Crippen LogP contribution >= 0.6 is 0 Å². The van der Waals surface area contributed by atoms with Gasteiger partial charge in [0, 0.05) is 32.1 Å². The van der Waals surface area contributed by atoms with Crippen LogP contribution in [0, 0.1) is 6.92 Å². The standard InChI is InChI=1S/C18H26N4O.C7H8O4S/c1-2-7-11-19-17(10-6-1)21-18(22-12-14-23-15-13-22)20-16-8-4-3-5-9-16;1-5-2-3-6(8)4-7(5)12(9,10)11/h3-5,8-9H,1-2,6-7,10-15H2,(H,19,20,21);2-4,8H,1H3,(H,9,10,11). The molecule has 0 atom stereocenters. The van der Waals surface area contributed by atoms with E-state index in [9.17, 15) is 8.42 Å². The first-order chi connectivity index (χ1) is 16.8. The normalized spacial score (nSPS) is 18.6. The van der Waals surface area contributed by atoms with Gasteiger partial charge in [-0.3, -0.25) is 4.55 Å². The van der Waals surface area contributed by atoms with E-state index < -0.39 is 10.1 Å². The third kappa shape index (κ3) is 8.97. The van der Waals surface area contributed by atoms with Crippen LogP contribution < -0.4 is 5.32 Å². The molecule has 10 heteroatoms. The highest BCUT2D eigenvalue weighted by molar-refractivity contribution is 7.85. The number of nitrogens with one attached hydrogen (secondary N) is 1. The molecule has 0 bridgehead atoms. The molecule has 2 aromatic rings. The quantitative estimate of drug-likeness (QED) is 0.323. The van der Waals surface area contributed by atoms with Crippen LogP contribution in [-0.2, 0) is 14.9 Å². The van der Waals surface area contributed by atoms with Crippen molar-refractivity contribution in [2.75, 3.05) is 32.8 Å². The number of morpholine rings is 1. The number of phenolic OH excluding ortho intramolecular Hbond substituents is 1. The highest BCUT2D eigenvalue weighted by Gasteiger charge is 2.16. The summed E-state index contributed by atoms with van der Waals surface area (Å²) in [5.41, 5.74) is 1.35. The van der Waals surface area contributed by atoms with Crippen LogP contribution in [0.2, 0.25) is 0 Å². The zero-order chi connectivity index (χ0) is 25.1. The summed E-state index contributed by atoms with van der Waals surface area (Å²) >= 11 is 0. The summed E-state index contributed by atoms with van der Waals surface area (Å²) in [5, 5.41) is 12.4. The van der Waals surface area contributed by atoms with Crippen molar-refractivity contribution in [1.29, 1.82) is 0 Å². The monoisotopic (exact) mass is 502 g/mol. The third-order valence-electron chi connectivity index (χ3n) is 5.63. The Kier molecular flexibility index (Phi) is 10.1. The van der Waals surface area contributed by atoms with Gasteiger partial charge in [-0.2, -0.15) is 8.42 Å². The van der Waals surface area contributed by atoms with Gasteiger partial charge in [-0.25, -0.2) is 9.98 Å². The van der Waals surface area contributed by atoms with Crippen molar-refractivity contribution < 1.29 is 22.8 Å². The molecule has 2 aliphatic heterocycles. The van der Waals surface area contributed by atoms with E-state index in [-0.39, 0.29) is 10.6 Å². The van der Waals surface area contributed by atoms with Gasteiger partial charge >= 0.3 is 0 Å².